The normalized spacial score (nSPS) is 21.6. The third-order valence-electron chi connectivity index (χ3n) is 7.29. The van der Waals surface area contributed by atoms with Gasteiger partial charge in [0.15, 0.2) is 0 Å². The highest BCUT2D eigenvalue weighted by atomic mass is 19.3. The van der Waals surface area contributed by atoms with Crippen molar-refractivity contribution in [3.8, 4) is 5.75 Å². The Kier molecular flexibility index (Phi) is 7.05. The van der Waals surface area contributed by atoms with E-state index in [4.69, 9.17) is 4.74 Å². The lowest BCUT2D eigenvalue weighted by Gasteiger charge is -2.32. The Morgan fingerprint density at radius 1 is 0.971 bits per heavy atom. The van der Waals surface area contributed by atoms with Crippen molar-refractivity contribution in [2.75, 3.05) is 45.9 Å². The Labute approximate surface area is 205 Å². The van der Waals surface area contributed by atoms with E-state index in [0.29, 0.717) is 50.6 Å². The van der Waals surface area contributed by atoms with Crippen LogP contribution < -0.4 is 4.74 Å². The predicted octanol–water partition coefficient (Wildman–Crippen LogP) is 3.17. The number of aliphatic hydroxyl groups excluding tert-OH is 1. The molecule has 0 aromatic heterocycles. The molecular weight excluding hydrogens is 452 g/mol. The average Bonchev–Trinajstić information content (AvgIpc) is 2.99. The van der Waals surface area contributed by atoms with Gasteiger partial charge in [-0.05, 0) is 35.2 Å². The summed E-state index contributed by atoms with van der Waals surface area (Å²) in [5, 5.41) is 10.8. The Morgan fingerprint density at radius 3 is 2.54 bits per heavy atom. The molecule has 1 unspecified atom stereocenters. The smallest absolute Gasteiger partial charge is 0.257 e. The Bertz CT molecular complexity index is 1050. The molecule has 188 valence electrons. The number of hydrogen-bond donors (Lipinski definition) is 1. The number of carbonyl (C=O) groups is 1. The van der Waals surface area contributed by atoms with Crippen LogP contribution in [0, 0.1) is 0 Å². The zero-order valence-electron chi connectivity index (χ0n) is 20.0. The van der Waals surface area contributed by atoms with Gasteiger partial charge in [-0.15, -0.1) is 0 Å². The summed E-state index contributed by atoms with van der Waals surface area (Å²) < 4.78 is 32.8. The van der Waals surface area contributed by atoms with Crippen LogP contribution in [0.25, 0.3) is 0 Å². The van der Waals surface area contributed by atoms with Crippen LogP contribution in [0.2, 0.25) is 0 Å². The zero-order valence-corrected chi connectivity index (χ0v) is 20.0. The molecule has 0 saturated carbocycles. The molecule has 3 aliphatic rings. The Balaban J connectivity index is 1.18. The summed E-state index contributed by atoms with van der Waals surface area (Å²) in [6.45, 7) is 4.50. The number of benzene rings is 2. The lowest BCUT2D eigenvalue weighted by Crippen LogP contribution is -2.44. The van der Waals surface area contributed by atoms with E-state index in [1.165, 1.54) is 11.1 Å². The number of nitrogens with zero attached hydrogens (tertiary/aromatic N) is 3. The number of carbonyl (C=O) groups excluding carboxylic acids is 1. The molecule has 0 aliphatic carbocycles. The summed E-state index contributed by atoms with van der Waals surface area (Å²) in [6, 6.07) is 13.9. The van der Waals surface area contributed by atoms with Gasteiger partial charge in [-0.3, -0.25) is 14.6 Å². The van der Waals surface area contributed by atoms with Crippen molar-refractivity contribution >= 4 is 5.91 Å². The molecule has 6 nitrogen and oxygen atoms in total. The number of ether oxygens (including phenoxy) is 1. The molecule has 2 aromatic rings. The molecule has 3 aliphatic heterocycles. The lowest BCUT2D eigenvalue weighted by molar-refractivity contribution is -0.0566. The molecule has 0 spiro atoms. The topological polar surface area (TPSA) is 56.3 Å². The largest absolute Gasteiger partial charge is 0.491 e. The first-order valence-corrected chi connectivity index (χ1v) is 12.5. The molecule has 2 aromatic carbocycles. The van der Waals surface area contributed by atoms with Gasteiger partial charge in [-0.1, -0.05) is 30.3 Å². The zero-order chi connectivity index (χ0) is 24.4. The van der Waals surface area contributed by atoms with Gasteiger partial charge in [0, 0.05) is 58.7 Å². The van der Waals surface area contributed by atoms with Crippen molar-refractivity contribution in [3.05, 3.63) is 64.7 Å². The van der Waals surface area contributed by atoms with E-state index in [9.17, 15) is 18.7 Å². The van der Waals surface area contributed by atoms with Crippen molar-refractivity contribution in [3.63, 3.8) is 0 Å². The molecule has 1 fully saturated rings. The van der Waals surface area contributed by atoms with Gasteiger partial charge in [0.05, 0.1) is 18.2 Å². The summed E-state index contributed by atoms with van der Waals surface area (Å²) in [7, 11) is 0. The maximum absolute atomic E-state index is 13.4. The fraction of sp³-hybridized carbons (Fsp3) is 0.519. The second-order valence-corrected chi connectivity index (χ2v) is 9.97. The van der Waals surface area contributed by atoms with Crippen molar-refractivity contribution in [2.24, 2.45) is 0 Å². The number of fused-ring (bicyclic) bond motifs is 2. The van der Waals surface area contributed by atoms with E-state index >= 15 is 0 Å². The Morgan fingerprint density at radius 2 is 1.74 bits per heavy atom. The quantitative estimate of drug-likeness (QED) is 0.681. The number of hydrogen-bond acceptors (Lipinski definition) is 5. The molecule has 35 heavy (non-hydrogen) atoms. The minimum atomic E-state index is -2.56. The summed E-state index contributed by atoms with van der Waals surface area (Å²) >= 11 is 0. The van der Waals surface area contributed by atoms with E-state index in [0.717, 1.165) is 25.1 Å². The van der Waals surface area contributed by atoms with Crippen LogP contribution in [0.15, 0.2) is 42.5 Å². The number of rotatable bonds is 6. The summed E-state index contributed by atoms with van der Waals surface area (Å²) in [5.41, 5.74) is 4.09. The maximum Gasteiger partial charge on any atom is 0.257 e. The minimum absolute atomic E-state index is 0.117. The molecule has 0 radical (unpaired) electrons. The monoisotopic (exact) mass is 485 g/mol. The number of β-amino-alcohol motifs (C(OH)–C–C–N with tert-alkyl or cyclic N) is 1. The lowest BCUT2D eigenvalue weighted by atomic mass is 10.00. The second-order valence-electron chi connectivity index (χ2n) is 9.97. The van der Waals surface area contributed by atoms with Crippen molar-refractivity contribution in [1.29, 1.82) is 0 Å². The van der Waals surface area contributed by atoms with Crippen LogP contribution in [0.1, 0.15) is 39.9 Å². The SMILES string of the molecule is O=C1c2ccc(CN3CCC(F)(F)CC3)cc2OCCN1CC(O)CN1CCc2ccccc2C1. The van der Waals surface area contributed by atoms with Gasteiger partial charge in [0.25, 0.3) is 11.8 Å². The fourth-order valence-electron chi connectivity index (χ4n) is 5.29. The van der Waals surface area contributed by atoms with Crippen molar-refractivity contribution in [1.82, 2.24) is 14.7 Å². The molecule has 1 saturated heterocycles. The minimum Gasteiger partial charge on any atom is -0.491 e. The predicted molar refractivity (Wildman–Crippen MR) is 129 cm³/mol. The number of piperidine rings is 1. The Hall–Kier alpha value is -2.55. The van der Waals surface area contributed by atoms with Crippen LogP contribution in [0.3, 0.4) is 0 Å². The first-order valence-electron chi connectivity index (χ1n) is 12.5. The molecule has 3 heterocycles. The van der Waals surface area contributed by atoms with E-state index in [1.807, 2.05) is 23.1 Å². The van der Waals surface area contributed by atoms with Crippen molar-refractivity contribution < 1.29 is 23.4 Å². The average molecular weight is 486 g/mol. The maximum atomic E-state index is 13.4. The van der Waals surface area contributed by atoms with Gasteiger partial charge >= 0.3 is 0 Å². The third kappa shape index (κ3) is 5.82. The van der Waals surface area contributed by atoms with Crippen LogP contribution >= 0.6 is 0 Å². The first-order chi connectivity index (χ1) is 16.9. The van der Waals surface area contributed by atoms with Gasteiger partial charge in [-0.25, -0.2) is 8.78 Å². The summed E-state index contributed by atoms with van der Waals surface area (Å²) in [4.78, 5) is 19.1. The van der Waals surface area contributed by atoms with E-state index in [2.05, 4.69) is 23.1 Å². The third-order valence-corrected chi connectivity index (χ3v) is 7.29. The standard InChI is InChI=1S/C27H33F2N3O3/c28-27(29)8-11-30(12-9-27)16-20-5-6-24-25(15-20)35-14-13-32(26(24)34)19-23(33)18-31-10-7-21-3-1-2-4-22(21)17-31/h1-6,15,23,33H,7-14,16-19H2. The van der Waals surface area contributed by atoms with E-state index < -0.39 is 12.0 Å². The fourth-order valence-corrected chi connectivity index (χ4v) is 5.29. The van der Waals surface area contributed by atoms with E-state index in [-0.39, 0.29) is 25.3 Å². The highest BCUT2D eigenvalue weighted by Crippen LogP contribution is 2.30. The van der Waals surface area contributed by atoms with E-state index in [1.54, 1.807) is 11.0 Å². The highest BCUT2D eigenvalue weighted by molar-refractivity contribution is 5.97. The van der Waals surface area contributed by atoms with Gasteiger partial charge in [0.2, 0.25) is 0 Å². The van der Waals surface area contributed by atoms with Gasteiger partial charge in [0.1, 0.15) is 12.4 Å². The first kappa shape index (κ1) is 24.2. The second kappa shape index (κ2) is 10.2. The molecule has 1 atom stereocenters. The molecule has 0 bridgehead atoms. The summed E-state index contributed by atoms with van der Waals surface area (Å²) in [6.07, 6.45) is 0.0827. The van der Waals surface area contributed by atoms with Crippen LogP contribution in [-0.2, 0) is 19.5 Å². The number of amides is 1. The number of likely N-dealkylation sites (tertiary alicyclic amines) is 1. The molecule has 1 N–H and O–H groups in total. The van der Waals surface area contributed by atoms with Crippen molar-refractivity contribution in [2.45, 2.75) is 44.4 Å². The molecule has 5 rings (SSSR count). The molecule has 1 amide bonds. The highest BCUT2D eigenvalue weighted by Gasteiger charge is 2.34. The van der Waals surface area contributed by atoms with Gasteiger partial charge < -0.3 is 14.7 Å². The van der Waals surface area contributed by atoms with Crippen LogP contribution in [-0.4, -0.2) is 83.6 Å². The molecular formula is C27H33F2N3O3. The molecule has 8 heteroatoms. The van der Waals surface area contributed by atoms with Gasteiger partial charge in [-0.2, -0.15) is 0 Å². The van der Waals surface area contributed by atoms with Crippen LogP contribution in [0.4, 0.5) is 8.78 Å². The summed E-state index contributed by atoms with van der Waals surface area (Å²) in [5.74, 6) is -2.18. The van der Waals surface area contributed by atoms with Crippen LogP contribution in [0.5, 0.6) is 5.75 Å². The number of halogens is 2. The number of aliphatic hydroxyl groups is 1. The number of alkyl halides is 2.